The van der Waals surface area contributed by atoms with Crippen LogP contribution in [0.3, 0.4) is 0 Å². The van der Waals surface area contributed by atoms with Crippen LogP contribution in [0.1, 0.15) is 37.3 Å². The molecule has 0 radical (unpaired) electrons. The van der Waals surface area contributed by atoms with E-state index in [1.807, 2.05) is 12.5 Å². The van der Waals surface area contributed by atoms with Gasteiger partial charge in [0.2, 0.25) is 0 Å². The number of aromatic nitrogens is 2. The molecule has 3 heterocycles. The van der Waals surface area contributed by atoms with Crippen LogP contribution in [0.25, 0.3) is 0 Å². The molecule has 138 valence electrons. The molecule has 2 aliphatic heterocycles. The number of benzene rings is 1. The Kier molecular flexibility index (Phi) is 5.20. The molecule has 2 N–H and O–H groups in total. The van der Waals surface area contributed by atoms with E-state index in [1.54, 1.807) is 6.20 Å². The van der Waals surface area contributed by atoms with Crippen molar-refractivity contribution in [2.24, 2.45) is 4.99 Å². The molecular formula is C20H27N5O. The van der Waals surface area contributed by atoms with Gasteiger partial charge in [-0.3, -0.25) is 0 Å². The number of hydrogen-bond donors (Lipinski definition) is 2. The predicted octanol–water partition coefficient (Wildman–Crippen LogP) is 2.31. The van der Waals surface area contributed by atoms with Crippen LogP contribution in [-0.4, -0.2) is 40.3 Å². The molecule has 4 rings (SSSR count). The fourth-order valence-corrected chi connectivity index (χ4v) is 3.80. The highest BCUT2D eigenvalue weighted by atomic mass is 16.5. The summed E-state index contributed by atoms with van der Waals surface area (Å²) in [6.07, 6.45) is 9.90. The van der Waals surface area contributed by atoms with Crippen LogP contribution in [0.5, 0.6) is 0 Å². The van der Waals surface area contributed by atoms with E-state index in [1.165, 1.54) is 24.0 Å². The number of aliphatic imine (C=N–C) groups is 1. The lowest BCUT2D eigenvalue weighted by Crippen LogP contribution is -2.47. The number of fused-ring (bicyclic) bond motifs is 2. The second kappa shape index (κ2) is 7.91. The summed E-state index contributed by atoms with van der Waals surface area (Å²) in [4.78, 5) is 8.84. The van der Waals surface area contributed by atoms with Gasteiger partial charge in [-0.2, -0.15) is 0 Å². The first-order valence-electron chi connectivity index (χ1n) is 9.54. The van der Waals surface area contributed by atoms with Gasteiger partial charge in [-0.25, -0.2) is 9.98 Å². The van der Waals surface area contributed by atoms with Gasteiger partial charge in [-0.05, 0) is 37.3 Å². The molecule has 1 aromatic heterocycles. The van der Waals surface area contributed by atoms with Crippen LogP contribution in [-0.2, 0) is 17.8 Å². The van der Waals surface area contributed by atoms with Crippen molar-refractivity contribution in [1.82, 2.24) is 20.2 Å². The average Bonchev–Trinajstić information content (AvgIpc) is 3.39. The lowest BCUT2D eigenvalue weighted by molar-refractivity contribution is 0.0992. The standard InChI is InChI=1S/C20H27N5O/c1-2-22-20(24-18-11-17-7-8-19(18)26-17)23-12-15-3-5-16(6-4-15)13-25-10-9-21-14-25/h3-6,9-10,14,17-19H,2,7-8,11-13H2,1H3,(H2,22,23,24). The van der Waals surface area contributed by atoms with Gasteiger partial charge in [0.1, 0.15) is 0 Å². The molecule has 2 aromatic rings. The van der Waals surface area contributed by atoms with Crippen molar-refractivity contribution in [3.05, 3.63) is 54.1 Å². The lowest BCUT2D eigenvalue weighted by Gasteiger charge is -2.22. The second-order valence-electron chi connectivity index (χ2n) is 7.11. The highest BCUT2D eigenvalue weighted by Gasteiger charge is 2.41. The number of rotatable bonds is 6. The maximum Gasteiger partial charge on any atom is 0.191 e. The van der Waals surface area contributed by atoms with Crippen LogP contribution in [0.15, 0.2) is 48.0 Å². The highest BCUT2D eigenvalue weighted by Crippen LogP contribution is 2.34. The summed E-state index contributed by atoms with van der Waals surface area (Å²) in [5.74, 6) is 0.885. The van der Waals surface area contributed by atoms with E-state index in [-0.39, 0.29) is 0 Å². The quantitative estimate of drug-likeness (QED) is 0.618. The molecule has 2 saturated heterocycles. The van der Waals surface area contributed by atoms with E-state index in [4.69, 9.17) is 9.73 Å². The molecule has 3 unspecified atom stereocenters. The molecule has 0 aliphatic carbocycles. The Morgan fingerprint density at radius 1 is 1.27 bits per heavy atom. The topological polar surface area (TPSA) is 63.5 Å². The van der Waals surface area contributed by atoms with Crippen molar-refractivity contribution in [2.75, 3.05) is 6.54 Å². The van der Waals surface area contributed by atoms with E-state index < -0.39 is 0 Å². The van der Waals surface area contributed by atoms with Crippen molar-refractivity contribution < 1.29 is 4.74 Å². The molecule has 26 heavy (non-hydrogen) atoms. The van der Waals surface area contributed by atoms with E-state index in [0.717, 1.165) is 25.5 Å². The molecule has 2 fully saturated rings. The average molecular weight is 353 g/mol. The summed E-state index contributed by atoms with van der Waals surface area (Å²) in [7, 11) is 0. The summed E-state index contributed by atoms with van der Waals surface area (Å²) >= 11 is 0. The Morgan fingerprint density at radius 3 is 2.77 bits per heavy atom. The number of hydrogen-bond acceptors (Lipinski definition) is 3. The largest absolute Gasteiger partial charge is 0.373 e. The minimum absolute atomic E-state index is 0.353. The van der Waals surface area contributed by atoms with Crippen molar-refractivity contribution in [1.29, 1.82) is 0 Å². The van der Waals surface area contributed by atoms with Crippen LogP contribution >= 0.6 is 0 Å². The van der Waals surface area contributed by atoms with Crippen molar-refractivity contribution in [2.45, 2.75) is 57.5 Å². The Hall–Kier alpha value is -2.34. The highest BCUT2D eigenvalue weighted by molar-refractivity contribution is 5.80. The molecule has 2 bridgehead atoms. The summed E-state index contributed by atoms with van der Waals surface area (Å²) < 4.78 is 8.00. The maximum atomic E-state index is 5.93. The molecule has 0 saturated carbocycles. The summed E-state index contributed by atoms with van der Waals surface area (Å²) in [6, 6.07) is 9.02. The monoisotopic (exact) mass is 353 g/mol. The fraction of sp³-hybridized carbons (Fsp3) is 0.500. The number of ether oxygens (including phenoxy) is 1. The second-order valence-corrected chi connectivity index (χ2v) is 7.11. The zero-order chi connectivity index (χ0) is 17.8. The number of nitrogens with zero attached hydrogens (tertiary/aromatic N) is 3. The zero-order valence-electron chi connectivity index (χ0n) is 15.3. The van der Waals surface area contributed by atoms with Crippen LogP contribution in [0.4, 0.5) is 0 Å². The van der Waals surface area contributed by atoms with Gasteiger partial charge in [0.05, 0.1) is 31.1 Å². The smallest absolute Gasteiger partial charge is 0.191 e. The van der Waals surface area contributed by atoms with Gasteiger partial charge in [-0.1, -0.05) is 24.3 Å². The van der Waals surface area contributed by atoms with Crippen LogP contribution in [0, 0.1) is 0 Å². The van der Waals surface area contributed by atoms with Gasteiger partial charge in [0.15, 0.2) is 5.96 Å². The molecule has 1 aromatic carbocycles. The minimum atomic E-state index is 0.353. The molecule has 3 atom stereocenters. The predicted molar refractivity (Wildman–Crippen MR) is 102 cm³/mol. The first kappa shape index (κ1) is 17.1. The maximum absolute atomic E-state index is 5.93. The van der Waals surface area contributed by atoms with E-state index >= 15 is 0 Å². The first-order chi connectivity index (χ1) is 12.8. The van der Waals surface area contributed by atoms with E-state index in [9.17, 15) is 0 Å². The molecule has 0 spiro atoms. The van der Waals surface area contributed by atoms with Gasteiger partial charge >= 0.3 is 0 Å². The Labute approximate surface area is 154 Å². The van der Waals surface area contributed by atoms with Gasteiger partial charge in [0.25, 0.3) is 0 Å². The summed E-state index contributed by atoms with van der Waals surface area (Å²) in [5, 5.41) is 6.92. The third-order valence-electron chi connectivity index (χ3n) is 5.14. The molecule has 6 nitrogen and oxygen atoms in total. The van der Waals surface area contributed by atoms with Crippen molar-refractivity contribution in [3.63, 3.8) is 0 Å². The van der Waals surface area contributed by atoms with Crippen molar-refractivity contribution >= 4 is 5.96 Å². The Morgan fingerprint density at radius 2 is 2.12 bits per heavy atom. The molecule has 6 heteroatoms. The number of nitrogens with one attached hydrogen (secondary N) is 2. The van der Waals surface area contributed by atoms with Gasteiger partial charge < -0.3 is 19.9 Å². The zero-order valence-corrected chi connectivity index (χ0v) is 15.3. The molecule has 2 aliphatic rings. The molecule has 0 amide bonds. The van der Waals surface area contributed by atoms with Crippen LogP contribution in [0.2, 0.25) is 0 Å². The third kappa shape index (κ3) is 4.07. The fourth-order valence-electron chi connectivity index (χ4n) is 3.80. The van der Waals surface area contributed by atoms with Crippen molar-refractivity contribution in [3.8, 4) is 0 Å². The lowest BCUT2D eigenvalue weighted by atomic mass is 9.96. The Balaban J connectivity index is 1.35. The Bertz CT molecular complexity index is 725. The summed E-state index contributed by atoms with van der Waals surface area (Å²) in [5.41, 5.74) is 2.47. The number of imidazole rings is 1. The van der Waals surface area contributed by atoms with Gasteiger partial charge in [0, 0.05) is 25.5 Å². The van der Waals surface area contributed by atoms with Gasteiger partial charge in [-0.15, -0.1) is 0 Å². The van der Waals surface area contributed by atoms with Crippen LogP contribution < -0.4 is 10.6 Å². The minimum Gasteiger partial charge on any atom is -0.373 e. The normalized spacial score (nSPS) is 24.8. The van der Waals surface area contributed by atoms with E-state index in [2.05, 4.69) is 51.4 Å². The SMILES string of the molecule is CCNC(=NCc1ccc(Cn2ccnc2)cc1)NC1CC2CCC1O2. The molecular weight excluding hydrogens is 326 g/mol. The third-order valence-corrected chi connectivity index (χ3v) is 5.14. The number of guanidine groups is 1. The first-order valence-corrected chi connectivity index (χ1v) is 9.54. The summed E-state index contributed by atoms with van der Waals surface area (Å²) in [6.45, 7) is 4.47. The van der Waals surface area contributed by atoms with E-state index in [0.29, 0.717) is 24.8 Å².